The molecule has 0 spiro atoms. The molecular formula is C21H23N5O2S. The Balaban J connectivity index is 1.58. The number of nitrogens with one attached hydrogen (secondary N) is 2. The van der Waals surface area contributed by atoms with Gasteiger partial charge in [0.25, 0.3) is 0 Å². The van der Waals surface area contributed by atoms with Crippen LogP contribution < -0.4 is 10.6 Å². The van der Waals surface area contributed by atoms with Gasteiger partial charge in [-0.05, 0) is 38.0 Å². The molecule has 1 aliphatic rings. The second kappa shape index (κ2) is 8.67. The summed E-state index contributed by atoms with van der Waals surface area (Å²) in [5.74, 6) is 1.03. The molecule has 29 heavy (non-hydrogen) atoms. The van der Waals surface area contributed by atoms with Gasteiger partial charge in [-0.15, -0.1) is 0 Å². The summed E-state index contributed by atoms with van der Waals surface area (Å²) >= 11 is 1.61. The minimum atomic E-state index is 0.0237. The van der Waals surface area contributed by atoms with Crippen LogP contribution in [0.5, 0.6) is 0 Å². The van der Waals surface area contributed by atoms with Crippen LogP contribution in [0.15, 0.2) is 36.5 Å². The van der Waals surface area contributed by atoms with Gasteiger partial charge in [-0.1, -0.05) is 23.5 Å². The van der Waals surface area contributed by atoms with Crippen LogP contribution in [0.1, 0.15) is 41.7 Å². The molecule has 0 atom stereocenters. The molecule has 0 unspecified atom stereocenters. The molecule has 2 aromatic heterocycles. The highest BCUT2D eigenvalue weighted by atomic mass is 32.1. The number of ketones is 1. The normalized spacial score (nSPS) is 13.3. The lowest BCUT2D eigenvalue weighted by Gasteiger charge is -2.07. The lowest BCUT2D eigenvalue weighted by molar-refractivity contribution is 0.101. The molecule has 0 amide bonds. The number of carbonyl (C=O) groups is 1. The quantitative estimate of drug-likeness (QED) is 0.398. The topological polar surface area (TPSA) is 89.0 Å². The molecule has 1 aromatic carbocycles. The summed E-state index contributed by atoms with van der Waals surface area (Å²) in [4.78, 5) is 26.5. The fourth-order valence-corrected chi connectivity index (χ4v) is 4.02. The standard InChI is InChI=1S/C21H23N5O2S/c1-13(27)15-4-3-5-16(12-15)24-20-22-9-8-17(25-20)19-18(14-6-7-14)26-21(29-19)23-10-11-28-2/h3-5,8-9,12,14H,6-7,10-11H2,1-2H3,(H,23,26)(H,22,24,25). The number of aromatic nitrogens is 3. The summed E-state index contributed by atoms with van der Waals surface area (Å²) in [6, 6.07) is 9.24. The zero-order chi connectivity index (χ0) is 20.2. The van der Waals surface area contributed by atoms with E-state index in [-0.39, 0.29) is 5.78 Å². The number of nitrogens with zero attached hydrogens (tertiary/aromatic N) is 3. The van der Waals surface area contributed by atoms with E-state index >= 15 is 0 Å². The lowest BCUT2D eigenvalue weighted by Crippen LogP contribution is -2.07. The van der Waals surface area contributed by atoms with Crippen molar-refractivity contribution >= 4 is 33.9 Å². The Morgan fingerprint density at radius 1 is 1.28 bits per heavy atom. The van der Waals surface area contributed by atoms with E-state index in [1.54, 1.807) is 43.7 Å². The van der Waals surface area contributed by atoms with Crippen LogP contribution >= 0.6 is 11.3 Å². The van der Waals surface area contributed by atoms with Crippen LogP contribution in [0.3, 0.4) is 0 Å². The average Bonchev–Trinajstić information content (AvgIpc) is 3.48. The van der Waals surface area contributed by atoms with Crippen molar-refractivity contribution in [3.05, 3.63) is 47.8 Å². The fraction of sp³-hybridized carbons (Fsp3) is 0.333. The average molecular weight is 410 g/mol. The molecule has 7 nitrogen and oxygen atoms in total. The van der Waals surface area contributed by atoms with Gasteiger partial charge in [-0.3, -0.25) is 4.79 Å². The van der Waals surface area contributed by atoms with Crippen molar-refractivity contribution in [1.82, 2.24) is 15.0 Å². The van der Waals surface area contributed by atoms with Crippen LogP contribution in [0.2, 0.25) is 0 Å². The van der Waals surface area contributed by atoms with Crippen molar-refractivity contribution < 1.29 is 9.53 Å². The van der Waals surface area contributed by atoms with Crippen LogP contribution in [-0.2, 0) is 4.74 Å². The Kier molecular flexibility index (Phi) is 5.82. The molecule has 0 aliphatic heterocycles. The maximum atomic E-state index is 11.6. The zero-order valence-electron chi connectivity index (χ0n) is 16.4. The highest BCUT2D eigenvalue weighted by Crippen LogP contribution is 2.46. The second-order valence-electron chi connectivity index (χ2n) is 6.95. The van der Waals surface area contributed by atoms with Gasteiger partial charge >= 0.3 is 0 Å². The van der Waals surface area contributed by atoms with Gasteiger partial charge in [0.1, 0.15) is 0 Å². The first kappa shape index (κ1) is 19.5. The number of carbonyl (C=O) groups excluding carboxylic acids is 1. The minimum Gasteiger partial charge on any atom is -0.383 e. The maximum Gasteiger partial charge on any atom is 0.227 e. The molecule has 0 saturated heterocycles. The highest BCUT2D eigenvalue weighted by Gasteiger charge is 2.30. The number of hydrogen-bond acceptors (Lipinski definition) is 8. The molecule has 0 radical (unpaired) electrons. The largest absolute Gasteiger partial charge is 0.383 e. The second-order valence-corrected chi connectivity index (χ2v) is 7.95. The van der Waals surface area contributed by atoms with E-state index in [0.29, 0.717) is 24.0 Å². The van der Waals surface area contributed by atoms with Crippen LogP contribution in [0.4, 0.5) is 16.8 Å². The lowest BCUT2D eigenvalue weighted by atomic mass is 10.1. The van der Waals surface area contributed by atoms with E-state index in [0.717, 1.165) is 33.6 Å². The number of Topliss-reactive ketones (excluding diaryl/α,β-unsaturated/α-hetero) is 1. The van der Waals surface area contributed by atoms with E-state index in [9.17, 15) is 4.79 Å². The van der Waals surface area contributed by atoms with Gasteiger partial charge < -0.3 is 15.4 Å². The van der Waals surface area contributed by atoms with Crippen molar-refractivity contribution in [2.45, 2.75) is 25.7 Å². The number of anilines is 3. The molecule has 4 rings (SSSR count). The fourth-order valence-electron chi connectivity index (χ4n) is 2.97. The van der Waals surface area contributed by atoms with E-state index in [1.165, 1.54) is 12.8 Å². The van der Waals surface area contributed by atoms with E-state index in [4.69, 9.17) is 14.7 Å². The number of hydrogen-bond donors (Lipinski definition) is 2. The van der Waals surface area contributed by atoms with Gasteiger partial charge in [0.05, 0.1) is 22.9 Å². The van der Waals surface area contributed by atoms with Gasteiger partial charge in [0.15, 0.2) is 10.9 Å². The number of benzene rings is 1. The summed E-state index contributed by atoms with van der Waals surface area (Å²) in [6.45, 7) is 2.91. The van der Waals surface area contributed by atoms with Crippen molar-refractivity contribution in [2.75, 3.05) is 30.9 Å². The maximum absolute atomic E-state index is 11.6. The van der Waals surface area contributed by atoms with Crippen LogP contribution in [0.25, 0.3) is 10.6 Å². The van der Waals surface area contributed by atoms with Gasteiger partial charge in [-0.2, -0.15) is 0 Å². The molecule has 150 valence electrons. The predicted octanol–water partition coefficient (Wildman–Crippen LogP) is 4.48. The third-order valence-electron chi connectivity index (χ3n) is 4.61. The highest BCUT2D eigenvalue weighted by molar-refractivity contribution is 7.19. The first-order valence-corrected chi connectivity index (χ1v) is 10.4. The smallest absolute Gasteiger partial charge is 0.227 e. The SMILES string of the molecule is COCCNc1nc(C2CC2)c(-c2ccnc(Nc3cccc(C(C)=O)c3)n2)s1. The molecule has 1 aliphatic carbocycles. The van der Waals surface area contributed by atoms with E-state index in [2.05, 4.69) is 15.6 Å². The van der Waals surface area contributed by atoms with Gasteiger partial charge in [0, 0.05) is 37.0 Å². The number of thiazole rings is 1. The Labute approximate surface area is 173 Å². The summed E-state index contributed by atoms with van der Waals surface area (Å²) in [7, 11) is 1.69. The molecule has 1 saturated carbocycles. The van der Waals surface area contributed by atoms with E-state index in [1.807, 2.05) is 18.2 Å². The monoisotopic (exact) mass is 409 g/mol. The first-order valence-electron chi connectivity index (χ1n) is 9.59. The van der Waals surface area contributed by atoms with Gasteiger partial charge in [-0.25, -0.2) is 15.0 Å². The zero-order valence-corrected chi connectivity index (χ0v) is 17.3. The molecule has 2 N–H and O–H groups in total. The van der Waals surface area contributed by atoms with E-state index < -0.39 is 0 Å². The van der Waals surface area contributed by atoms with Crippen molar-refractivity contribution in [3.8, 4) is 10.6 Å². The van der Waals surface area contributed by atoms with Crippen molar-refractivity contribution in [3.63, 3.8) is 0 Å². The Morgan fingerprint density at radius 2 is 2.14 bits per heavy atom. The van der Waals surface area contributed by atoms with Gasteiger partial charge in [0.2, 0.25) is 5.95 Å². The third-order valence-corrected chi connectivity index (χ3v) is 5.66. The molecule has 8 heteroatoms. The number of rotatable bonds is 9. The third kappa shape index (κ3) is 4.78. The number of ether oxygens (including phenoxy) is 1. The summed E-state index contributed by atoms with van der Waals surface area (Å²) in [5, 5.41) is 7.41. The molecular weight excluding hydrogens is 386 g/mol. The van der Waals surface area contributed by atoms with Crippen molar-refractivity contribution in [1.29, 1.82) is 0 Å². The summed E-state index contributed by atoms with van der Waals surface area (Å²) < 4.78 is 5.10. The molecule has 3 aromatic rings. The molecule has 0 bridgehead atoms. The minimum absolute atomic E-state index is 0.0237. The molecule has 1 fully saturated rings. The Hall–Kier alpha value is -2.84. The Bertz CT molecular complexity index is 1020. The summed E-state index contributed by atoms with van der Waals surface area (Å²) in [6.07, 6.45) is 4.08. The Morgan fingerprint density at radius 3 is 2.90 bits per heavy atom. The van der Waals surface area contributed by atoms with Crippen LogP contribution in [-0.4, -0.2) is 41.0 Å². The predicted molar refractivity (Wildman–Crippen MR) is 115 cm³/mol. The summed E-state index contributed by atoms with van der Waals surface area (Å²) in [5.41, 5.74) is 3.39. The van der Waals surface area contributed by atoms with Crippen LogP contribution in [0, 0.1) is 0 Å². The number of methoxy groups -OCH3 is 1. The molecule has 2 heterocycles. The van der Waals surface area contributed by atoms with Crippen molar-refractivity contribution in [2.24, 2.45) is 0 Å². The first-order chi connectivity index (χ1) is 14.1.